The van der Waals surface area contributed by atoms with Crippen LogP contribution in [0.15, 0.2) is 53.7 Å². The number of carbonyl (C=O) groups excluding carboxylic acids is 2. The number of alkyl halides is 3. The highest BCUT2D eigenvalue weighted by Gasteiger charge is 2.53. The molecule has 220 valence electrons. The van der Waals surface area contributed by atoms with Gasteiger partial charge in [0.25, 0.3) is 5.91 Å². The quantitative estimate of drug-likeness (QED) is 0.394. The molecular formula is C28H33F3N6O3S. The maximum Gasteiger partial charge on any atom is 0.406 e. The number of amides is 1. The molecule has 2 aromatic carbocycles. The molecule has 1 aromatic heterocycles. The highest BCUT2D eigenvalue weighted by Crippen LogP contribution is 2.38. The van der Waals surface area contributed by atoms with E-state index in [1.54, 1.807) is 45.0 Å². The van der Waals surface area contributed by atoms with E-state index in [0.29, 0.717) is 12.3 Å². The van der Waals surface area contributed by atoms with Gasteiger partial charge in [0.2, 0.25) is 5.91 Å². The summed E-state index contributed by atoms with van der Waals surface area (Å²) in [5, 5.41) is 6.91. The van der Waals surface area contributed by atoms with Crippen molar-refractivity contribution in [3.63, 3.8) is 0 Å². The fourth-order valence-electron chi connectivity index (χ4n) is 4.53. The molecule has 13 heteroatoms. The fraction of sp³-hybridized carbons (Fsp3) is 0.429. The zero-order chi connectivity index (χ0) is 29.9. The minimum Gasteiger partial charge on any atom is -0.496 e. The number of benzene rings is 2. The number of nitrogens with two attached hydrogens (primary N) is 1. The largest absolute Gasteiger partial charge is 0.496 e. The number of para-hydroxylation sites is 1. The van der Waals surface area contributed by atoms with Crippen molar-refractivity contribution in [2.24, 2.45) is 11.1 Å². The number of hydrogen-bond acceptors (Lipinski definition) is 8. The molecule has 3 aromatic rings. The van der Waals surface area contributed by atoms with E-state index >= 15 is 0 Å². The zero-order valence-corrected chi connectivity index (χ0v) is 24.1. The van der Waals surface area contributed by atoms with Crippen LogP contribution in [0.25, 0.3) is 0 Å². The van der Waals surface area contributed by atoms with Crippen molar-refractivity contribution in [3.05, 3.63) is 71.0 Å². The monoisotopic (exact) mass is 590 g/mol. The summed E-state index contributed by atoms with van der Waals surface area (Å²) in [5.74, 6) is -0.734. The minimum absolute atomic E-state index is 0.0261. The van der Waals surface area contributed by atoms with E-state index in [1.807, 2.05) is 24.3 Å². The molecule has 2 unspecified atom stereocenters. The number of aromatic nitrogens is 3. The van der Waals surface area contributed by atoms with Crippen molar-refractivity contribution in [2.45, 2.75) is 56.5 Å². The van der Waals surface area contributed by atoms with Crippen LogP contribution >= 0.6 is 11.8 Å². The lowest BCUT2D eigenvalue weighted by Crippen LogP contribution is -2.61. The summed E-state index contributed by atoms with van der Waals surface area (Å²) >= 11 is 1.15. The highest BCUT2D eigenvalue weighted by atomic mass is 32.2. The summed E-state index contributed by atoms with van der Waals surface area (Å²) in [4.78, 5) is 32.7. The van der Waals surface area contributed by atoms with Crippen molar-refractivity contribution in [2.75, 3.05) is 20.2 Å². The Morgan fingerprint density at radius 1 is 1.10 bits per heavy atom. The molecule has 2 atom stereocenters. The van der Waals surface area contributed by atoms with Crippen LogP contribution in [0.1, 0.15) is 54.1 Å². The predicted molar refractivity (Wildman–Crippen MR) is 148 cm³/mol. The van der Waals surface area contributed by atoms with Crippen molar-refractivity contribution in [1.29, 1.82) is 0 Å². The molecule has 0 spiro atoms. The molecule has 1 aliphatic heterocycles. The van der Waals surface area contributed by atoms with Gasteiger partial charge in [0.15, 0.2) is 11.0 Å². The minimum atomic E-state index is -4.71. The lowest BCUT2D eigenvalue weighted by atomic mass is 9.91. The van der Waals surface area contributed by atoms with E-state index in [9.17, 15) is 22.8 Å². The second kappa shape index (κ2) is 12.2. The number of thioether (sulfide) groups is 1. The smallest absolute Gasteiger partial charge is 0.406 e. The predicted octanol–water partition coefficient (Wildman–Crippen LogP) is 4.18. The molecule has 0 aliphatic carbocycles. The van der Waals surface area contributed by atoms with Gasteiger partial charge in [-0.2, -0.15) is 17.9 Å². The summed E-state index contributed by atoms with van der Waals surface area (Å²) in [6.07, 6.45) is -4.71. The molecule has 2 heterocycles. The van der Waals surface area contributed by atoms with Gasteiger partial charge in [0, 0.05) is 30.8 Å². The third-order valence-corrected chi connectivity index (χ3v) is 7.64. The van der Waals surface area contributed by atoms with Crippen molar-refractivity contribution in [3.8, 4) is 5.75 Å². The number of piperazine rings is 1. The lowest BCUT2D eigenvalue weighted by Gasteiger charge is -2.43. The molecule has 1 fully saturated rings. The van der Waals surface area contributed by atoms with Crippen LogP contribution in [-0.2, 0) is 17.1 Å². The molecule has 0 bridgehead atoms. The van der Waals surface area contributed by atoms with Gasteiger partial charge in [-0.1, -0.05) is 68.9 Å². The Kier molecular flexibility index (Phi) is 9.10. The number of hydrogen-bond donors (Lipinski definition) is 2. The first-order valence-electron chi connectivity index (χ1n) is 13.0. The SMILES string of the molecule is COc1ccccc1C(=O)n1nc(C2C(C(F)(F)F)NCCN2C(=O)C(C)(C)C)nc1SCc1ccc(CN)cc1. The van der Waals surface area contributed by atoms with Crippen molar-refractivity contribution < 1.29 is 27.5 Å². The van der Waals surface area contributed by atoms with Crippen LogP contribution < -0.4 is 15.8 Å². The van der Waals surface area contributed by atoms with Gasteiger partial charge in [-0.05, 0) is 23.3 Å². The Balaban J connectivity index is 1.81. The number of ether oxygens (including phenoxy) is 1. The first kappa shape index (κ1) is 30.5. The van der Waals surface area contributed by atoms with Crippen LogP contribution in [-0.4, -0.2) is 63.9 Å². The second-order valence-corrected chi connectivity index (χ2v) is 11.6. The number of halogens is 3. The summed E-state index contributed by atoms with van der Waals surface area (Å²) in [7, 11) is 1.41. The highest BCUT2D eigenvalue weighted by molar-refractivity contribution is 7.98. The van der Waals surface area contributed by atoms with Crippen LogP contribution in [0, 0.1) is 5.41 Å². The summed E-state index contributed by atoms with van der Waals surface area (Å²) in [5.41, 5.74) is 6.74. The molecule has 4 rings (SSSR count). The van der Waals surface area contributed by atoms with Crippen LogP contribution in [0.4, 0.5) is 13.2 Å². The molecule has 1 aliphatic rings. The van der Waals surface area contributed by atoms with Gasteiger partial charge >= 0.3 is 6.18 Å². The van der Waals surface area contributed by atoms with Crippen LogP contribution in [0.2, 0.25) is 0 Å². The van der Waals surface area contributed by atoms with Crippen molar-refractivity contribution >= 4 is 23.6 Å². The number of nitrogens with zero attached hydrogens (tertiary/aromatic N) is 4. The fourth-order valence-corrected chi connectivity index (χ4v) is 5.42. The first-order valence-corrected chi connectivity index (χ1v) is 14.0. The zero-order valence-electron chi connectivity index (χ0n) is 23.2. The normalized spacial score (nSPS) is 17.9. The summed E-state index contributed by atoms with van der Waals surface area (Å²) in [6, 6.07) is 10.3. The van der Waals surface area contributed by atoms with Gasteiger partial charge in [0.1, 0.15) is 17.8 Å². The van der Waals surface area contributed by atoms with Crippen LogP contribution in [0.3, 0.4) is 0 Å². The van der Waals surface area contributed by atoms with Crippen LogP contribution in [0.5, 0.6) is 5.75 Å². The van der Waals surface area contributed by atoms with E-state index < -0.39 is 35.5 Å². The van der Waals surface area contributed by atoms with Crippen molar-refractivity contribution in [1.82, 2.24) is 25.0 Å². The molecule has 41 heavy (non-hydrogen) atoms. The van der Waals surface area contributed by atoms with E-state index in [1.165, 1.54) is 12.0 Å². The van der Waals surface area contributed by atoms with Gasteiger partial charge in [-0.3, -0.25) is 9.59 Å². The van der Waals surface area contributed by atoms with Gasteiger partial charge in [-0.15, -0.1) is 5.10 Å². The standard InChI is InChI=1S/C28H33F3N6O3S/c1-27(2,3)25(39)36-14-13-33-22(28(29,30)31)21(36)23-34-26(41-16-18-11-9-17(15-32)10-12-18)37(35-23)24(38)19-7-5-6-8-20(19)40-4/h5-12,21-22,33H,13-16,32H2,1-4H3. The Morgan fingerprint density at radius 3 is 2.37 bits per heavy atom. The molecule has 1 saturated heterocycles. The summed E-state index contributed by atoms with van der Waals surface area (Å²) < 4.78 is 49.3. The van der Waals surface area contributed by atoms with E-state index in [2.05, 4.69) is 15.4 Å². The Bertz CT molecular complexity index is 1390. The average molecular weight is 591 g/mol. The molecular weight excluding hydrogens is 557 g/mol. The number of methoxy groups -OCH3 is 1. The van der Waals surface area contributed by atoms with Gasteiger partial charge in [-0.25, -0.2) is 4.98 Å². The van der Waals surface area contributed by atoms with Gasteiger partial charge in [0.05, 0.1) is 12.7 Å². The summed E-state index contributed by atoms with van der Waals surface area (Å²) in [6.45, 7) is 5.29. The van der Waals surface area contributed by atoms with Gasteiger partial charge < -0.3 is 20.7 Å². The third-order valence-electron chi connectivity index (χ3n) is 6.64. The first-order chi connectivity index (χ1) is 19.3. The molecule has 3 N–H and O–H groups in total. The Labute approximate surface area is 240 Å². The lowest BCUT2D eigenvalue weighted by molar-refractivity contribution is -0.184. The molecule has 9 nitrogen and oxygen atoms in total. The van der Waals surface area contributed by atoms with E-state index in [-0.39, 0.29) is 35.4 Å². The molecule has 0 saturated carbocycles. The molecule has 1 amide bonds. The maximum atomic E-state index is 14.3. The maximum absolute atomic E-state index is 14.3. The topological polar surface area (TPSA) is 115 Å². The number of rotatable bonds is 7. The van der Waals surface area contributed by atoms with E-state index in [4.69, 9.17) is 10.5 Å². The average Bonchev–Trinajstić information content (AvgIpc) is 3.38. The number of nitrogens with one attached hydrogen (secondary N) is 1. The Morgan fingerprint density at radius 2 is 1.76 bits per heavy atom. The van der Waals surface area contributed by atoms with E-state index in [0.717, 1.165) is 27.6 Å². The third kappa shape index (κ3) is 6.74. The Hall–Kier alpha value is -3.42. The number of carbonyl (C=O) groups is 2. The molecule has 0 radical (unpaired) electrons. The second-order valence-electron chi connectivity index (χ2n) is 10.6.